The first kappa shape index (κ1) is 23.7. The van der Waals surface area contributed by atoms with Gasteiger partial charge in [-0.3, -0.25) is 14.4 Å². The van der Waals surface area contributed by atoms with Gasteiger partial charge in [0.1, 0.15) is 22.2 Å². The fourth-order valence-electron chi connectivity index (χ4n) is 4.51. The van der Waals surface area contributed by atoms with E-state index in [0.717, 1.165) is 25.0 Å². The minimum Gasteiger partial charge on any atom is -0.503 e. The number of nitrogens with one attached hydrogen (secondary N) is 1. The van der Waals surface area contributed by atoms with E-state index in [0.29, 0.717) is 13.2 Å². The summed E-state index contributed by atoms with van der Waals surface area (Å²) in [5.41, 5.74) is -1.69. The number of aromatic hydroxyl groups is 1. The maximum absolute atomic E-state index is 14.1. The number of rotatable bonds is 6. The highest BCUT2D eigenvalue weighted by Gasteiger charge is 2.41. The molecule has 2 N–H and O–H groups in total. The van der Waals surface area contributed by atoms with Crippen LogP contribution in [0.25, 0.3) is 0 Å². The smallest absolute Gasteiger partial charge is 0.274 e. The average Bonchev–Trinajstić information content (AvgIpc) is 2.82. The fraction of sp³-hybridized carbons (Fsp3) is 0.348. The largest absolute Gasteiger partial charge is 0.503 e. The van der Waals surface area contributed by atoms with Crippen molar-refractivity contribution in [3.63, 3.8) is 0 Å². The molecule has 2 aliphatic heterocycles. The average molecular weight is 494 g/mol. The zero-order valence-corrected chi connectivity index (χ0v) is 18.8. The van der Waals surface area contributed by atoms with Crippen LogP contribution < -0.4 is 10.7 Å². The van der Waals surface area contributed by atoms with Gasteiger partial charge in [0.15, 0.2) is 11.4 Å². The van der Waals surface area contributed by atoms with Crippen molar-refractivity contribution in [3.8, 4) is 5.75 Å². The van der Waals surface area contributed by atoms with Crippen molar-refractivity contribution in [1.29, 1.82) is 0 Å². The molecule has 1 saturated heterocycles. The Kier molecular flexibility index (Phi) is 6.60. The highest BCUT2D eigenvalue weighted by molar-refractivity contribution is 6.30. The Labute approximate surface area is 198 Å². The van der Waals surface area contributed by atoms with Gasteiger partial charge in [-0.05, 0) is 18.9 Å². The Hall–Kier alpha value is -3.40. The summed E-state index contributed by atoms with van der Waals surface area (Å²) in [4.78, 5) is 40.1. The highest BCUT2D eigenvalue weighted by atomic mass is 35.5. The summed E-state index contributed by atoms with van der Waals surface area (Å²) >= 11 is 5.55. The van der Waals surface area contributed by atoms with Crippen LogP contribution in [-0.2, 0) is 17.8 Å². The molecule has 2 atom stereocenters. The number of hydrogen-bond acceptors (Lipinski definition) is 5. The summed E-state index contributed by atoms with van der Waals surface area (Å²) in [6.07, 6.45) is 4.13. The Bertz CT molecular complexity index is 1230. The molecule has 0 spiro atoms. The number of fused-ring (bicyclic) bond motifs is 2. The van der Waals surface area contributed by atoms with Crippen molar-refractivity contribution in [1.82, 2.24) is 14.8 Å². The van der Waals surface area contributed by atoms with Crippen molar-refractivity contribution >= 4 is 23.4 Å². The summed E-state index contributed by atoms with van der Waals surface area (Å²) < 4.78 is 34.2. The summed E-state index contributed by atoms with van der Waals surface area (Å²) in [7, 11) is 0. The molecular formula is C23H22ClF2N3O5. The first-order valence-corrected chi connectivity index (χ1v) is 11.0. The van der Waals surface area contributed by atoms with E-state index in [1.807, 2.05) is 0 Å². The van der Waals surface area contributed by atoms with Gasteiger partial charge in [0, 0.05) is 37.3 Å². The summed E-state index contributed by atoms with van der Waals surface area (Å²) in [5.74, 6) is -4.16. The predicted octanol–water partition coefficient (Wildman–Crippen LogP) is 2.81. The molecule has 0 bridgehead atoms. The van der Waals surface area contributed by atoms with E-state index in [-0.39, 0.29) is 36.3 Å². The maximum Gasteiger partial charge on any atom is 0.274 e. The Morgan fingerprint density at radius 3 is 2.85 bits per heavy atom. The number of nitrogens with zero attached hydrogens (tertiary/aromatic N) is 2. The normalized spacial score (nSPS) is 19.3. The summed E-state index contributed by atoms with van der Waals surface area (Å²) in [5, 5.41) is 12.2. The molecule has 4 rings (SSSR count). The number of pyridine rings is 1. The number of ether oxygens (including phenoxy) is 1. The molecule has 0 radical (unpaired) electrons. The fourth-order valence-corrected chi connectivity index (χ4v) is 4.70. The molecule has 0 saturated carbocycles. The molecule has 34 heavy (non-hydrogen) atoms. The van der Waals surface area contributed by atoms with Gasteiger partial charge in [0.05, 0.1) is 18.9 Å². The van der Waals surface area contributed by atoms with Crippen LogP contribution in [0.15, 0.2) is 36.0 Å². The van der Waals surface area contributed by atoms with Crippen molar-refractivity contribution in [2.45, 2.75) is 32.0 Å². The lowest BCUT2D eigenvalue weighted by molar-refractivity contribution is 0.0213. The molecule has 1 fully saturated rings. The van der Waals surface area contributed by atoms with Crippen molar-refractivity contribution in [3.05, 3.63) is 74.9 Å². The number of amides is 2. The number of benzene rings is 1. The lowest BCUT2D eigenvalue weighted by Gasteiger charge is -2.45. The monoisotopic (exact) mass is 493 g/mol. The first-order chi connectivity index (χ1) is 16.2. The predicted molar refractivity (Wildman–Crippen MR) is 119 cm³/mol. The third kappa shape index (κ3) is 4.13. The molecule has 3 heterocycles. The second-order valence-corrected chi connectivity index (χ2v) is 8.58. The number of halogens is 3. The molecule has 8 nitrogen and oxygen atoms in total. The van der Waals surface area contributed by atoms with Crippen molar-refractivity contribution in [2.75, 3.05) is 13.2 Å². The lowest BCUT2D eigenvalue weighted by Crippen LogP contribution is -2.55. The second kappa shape index (κ2) is 9.46. The Morgan fingerprint density at radius 1 is 1.35 bits per heavy atom. The van der Waals surface area contributed by atoms with Crippen LogP contribution in [0.3, 0.4) is 0 Å². The number of hydrogen-bond donors (Lipinski definition) is 2. The van der Waals surface area contributed by atoms with Crippen LogP contribution in [-0.4, -0.2) is 45.6 Å². The highest BCUT2D eigenvalue weighted by Crippen LogP contribution is 2.32. The zero-order chi connectivity index (χ0) is 24.6. The first-order valence-electron chi connectivity index (χ1n) is 10.6. The number of carbonyl (C=O) groups excluding carboxylic acids is 2. The Balaban J connectivity index is 1.62. The minimum absolute atomic E-state index is 0.00824. The number of carbonyl (C=O) groups is 2. The van der Waals surface area contributed by atoms with Gasteiger partial charge in [-0.25, -0.2) is 8.78 Å². The SMILES string of the molecule is C=COCC1CCCN2C(=O)c3c(O)c(=O)c(C(=O)NCc4ccc(F)c(Cl)c4F)cn3C[C@H]12. The van der Waals surface area contributed by atoms with Gasteiger partial charge >= 0.3 is 0 Å². The maximum atomic E-state index is 14.1. The summed E-state index contributed by atoms with van der Waals surface area (Å²) in [6.45, 7) is 4.26. The molecule has 2 aromatic rings. The van der Waals surface area contributed by atoms with Gasteiger partial charge in [-0.2, -0.15) is 0 Å². The van der Waals surface area contributed by atoms with E-state index in [1.165, 1.54) is 17.0 Å². The van der Waals surface area contributed by atoms with E-state index in [9.17, 15) is 28.3 Å². The topological polar surface area (TPSA) is 101 Å². The van der Waals surface area contributed by atoms with E-state index >= 15 is 0 Å². The van der Waals surface area contributed by atoms with Crippen LogP contribution in [0, 0.1) is 17.6 Å². The molecular weight excluding hydrogens is 472 g/mol. The molecule has 1 unspecified atom stereocenters. The third-order valence-electron chi connectivity index (χ3n) is 6.25. The van der Waals surface area contributed by atoms with Crippen molar-refractivity contribution in [2.24, 2.45) is 5.92 Å². The van der Waals surface area contributed by atoms with E-state index < -0.39 is 45.2 Å². The standard InChI is InChI=1S/C23H22ClF2N3O5/c1-2-34-11-13-4-3-7-29-16(13)10-28-9-14(20(30)21(31)19(28)23(29)33)22(32)27-8-12-5-6-15(25)17(24)18(12)26/h2,5-6,9,13,16,31H,1,3-4,7-8,10-11H2,(H,27,32)/t13?,16-/m1/s1. The molecule has 11 heteroatoms. The molecule has 2 amide bonds. The number of aromatic nitrogens is 1. The van der Waals surface area contributed by atoms with Gasteiger partial charge in [-0.1, -0.05) is 24.2 Å². The molecule has 1 aromatic heterocycles. The minimum atomic E-state index is -1.03. The van der Waals surface area contributed by atoms with Crippen LogP contribution in [0.2, 0.25) is 5.02 Å². The number of piperidine rings is 1. The van der Waals surface area contributed by atoms with E-state index in [2.05, 4.69) is 11.9 Å². The molecule has 180 valence electrons. The van der Waals surface area contributed by atoms with E-state index in [4.69, 9.17) is 16.3 Å². The Morgan fingerprint density at radius 2 is 2.12 bits per heavy atom. The van der Waals surface area contributed by atoms with Crippen molar-refractivity contribution < 1.29 is 28.2 Å². The summed E-state index contributed by atoms with van der Waals surface area (Å²) in [6, 6.07) is 1.83. The van der Waals surface area contributed by atoms with Crippen LogP contribution >= 0.6 is 11.6 Å². The van der Waals surface area contributed by atoms with Crippen LogP contribution in [0.1, 0.15) is 39.3 Å². The van der Waals surface area contributed by atoms with Gasteiger partial charge in [0.25, 0.3) is 11.8 Å². The van der Waals surface area contributed by atoms with Crippen LogP contribution in [0.4, 0.5) is 8.78 Å². The zero-order valence-electron chi connectivity index (χ0n) is 18.0. The van der Waals surface area contributed by atoms with E-state index in [1.54, 1.807) is 4.90 Å². The van der Waals surface area contributed by atoms with Gasteiger partial charge in [0.2, 0.25) is 5.43 Å². The second-order valence-electron chi connectivity index (χ2n) is 8.21. The van der Waals surface area contributed by atoms with Gasteiger partial charge < -0.3 is 24.6 Å². The third-order valence-corrected chi connectivity index (χ3v) is 6.60. The quantitative estimate of drug-likeness (QED) is 0.476. The molecule has 2 aliphatic rings. The van der Waals surface area contributed by atoms with Gasteiger partial charge in [-0.15, -0.1) is 0 Å². The molecule has 1 aromatic carbocycles. The lowest BCUT2D eigenvalue weighted by atomic mass is 9.87. The van der Waals surface area contributed by atoms with Crippen LogP contribution in [0.5, 0.6) is 5.75 Å². The molecule has 0 aliphatic carbocycles.